The van der Waals surface area contributed by atoms with E-state index in [4.69, 9.17) is 4.74 Å². The van der Waals surface area contributed by atoms with Crippen molar-refractivity contribution < 1.29 is 17.9 Å². The minimum atomic E-state index is -3.08. The first-order valence-electron chi connectivity index (χ1n) is 7.34. The van der Waals surface area contributed by atoms with Crippen molar-refractivity contribution in [3.63, 3.8) is 0 Å². The molecule has 118 valence electrons. The molecule has 0 heterocycles. The lowest BCUT2D eigenvalue weighted by Crippen LogP contribution is -2.10. The fourth-order valence-electron chi connectivity index (χ4n) is 2.13. The highest BCUT2D eigenvalue weighted by Gasteiger charge is 2.12. The molecule has 0 aliphatic heterocycles. The molecule has 0 aliphatic carbocycles. The second-order valence-electron chi connectivity index (χ2n) is 5.20. The lowest BCUT2D eigenvalue weighted by Gasteiger charge is -2.06. The number of carbonyl (C=O) groups is 1. The van der Waals surface area contributed by atoms with Crippen molar-refractivity contribution in [1.82, 2.24) is 0 Å². The summed E-state index contributed by atoms with van der Waals surface area (Å²) in [6.45, 7) is 4.12. The van der Waals surface area contributed by atoms with Crippen LogP contribution in [-0.4, -0.2) is 26.7 Å². The second-order valence-corrected chi connectivity index (χ2v) is 7.38. The van der Waals surface area contributed by atoms with E-state index >= 15 is 0 Å². The maximum atomic E-state index is 12.0. The summed E-state index contributed by atoms with van der Waals surface area (Å²) in [6.07, 6.45) is 2.37. The van der Waals surface area contributed by atoms with Crippen LogP contribution in [0.4, 0.5) is 0 Å². The molecular weight excluding hydrogens is 288 g/mol. The highest BCUT2D eigenvalue weighted by molar-refractivity contribution is 7.90. The van der Waals surface area contributed by atoms with Gasteiger partial charge in [0.1, 0.15) is 0 Å². The van der Waals surface area contributed by atoms with Crippen molar-refractivity contribution in [1.29, 1.82) is 0 Å². The Morgan fingerprint density at radius 1 is 1.19 bits per heavy atom. The Balaban J connectivity index is 2.29. The van der Waals surface area contributed by atoms with Crippen LogP contribution >= 0.6 is 0 Å². The number of hydrogen-bond donors (Lipinski definition) is 0. The summed E-state index contributed by atoms with van der Waals surface area (Å²) in [5.41, 5.74) is 1.90. The van der Waals surface area contributed by atoms with Crippen LogP contribution in [0.2, 0.25) is 0 Å². The first kappa shape index (κ1) is 17.7. The molecule has 21 heavy (non-hydrogen) atoms. The first-order chi connectivity index (χ1) is 9.93. The number of unbranched alkanes of at least 4 members (excludes halogenated alkanes) is 2. The van der Waals surface area contributed by atoms with Gasteiger partial charge in [0.2, 0.25) is 0 Å². The molecule has 0 N–H and O–H groups in total. The summed E-state index contributed by atoms with van der Waals surface area (Å²) >= 11 is 0. The highest BCUT2D eigenvalue weighted by atomic mass is 32.2. The Bertz CT molecular complexity index is 549. The van der Waals surface area contributed by atoms with Gasteiger partial charge in [-0.2, -0.15) is 0 Å². The molecule has 0 aromatic heterocycles. The van der Waals surface area contributed by atoms with Crippen LogP contribution in [0.15, 0.2) is 24.3 Å². The summed E-state index contributed by atoms with van der Waals surface area (Å²) in [6, 6.07) is 7.56. The van der Waals surface area contributed by atoms with Gasteiger partial charge < -0.3 is 4.74 Å². The van der Waals surface area contributed by atoms with Crippen molar-refractivity contribution in [2.75, 3.05) is 12.4 Å². The average molecular weight is 312 g/mol. The molecule has 0 fully saturated rings. The Kier molecular flexibility index (Phi) is 7.43. The number of rotatable bonds is 9. The van der Waals surface area contributed by atoms with Gasteiger partial charge in [0.15, 0.2) is 9.84 Å². The predicted octanol–water partition coefficient (Wildman–Crippen LogP) is 3.03. The van der Waals surface area contributed by atoms with Crippen LogP contribution in [0.25, 0.3) is 0 Å². The molecule has 0 amide bonds. The quantitative estimate of drug-likeness (QED) is 0.519. The summed E-state index contributed by atoms with van der Waals surface area (Å²) in [7, 11) is -3.08. The van der Waals surface area contributed by atoms with Gasteiger partial charge in [-0.15, -0.1) is 0 Å². The number of ether oxygens (including phenoxy) is 1. The van der Waals surface area contributed by atoms with E-state index in [1.54, 1.807) is 6.92 Å². The van der Waals surface area contributed by atoms with Crippen molar-refractivity contribution in [2.24, 2.45) is 0 Å². The molecule has 1 rings (SSSR count). The smallest absolute Gasteiger partial charge is 0.305 e. The fraction of sp³-hybridized carbons (Fsp3) is 0.562. The summed E-state index contributed by atoms with van der Waals surface area (Å²) in [5, 5.41) is 0. The molecule has 0 spiro atoms. The number of carbonyl (C=O) groups excluding carboxylic acids is 1. The van der Waals surface area contributed by atoms with Crippen LogP contribution in [-0.2, 0) is 25.1 Å². The molecule has 4 nitrogen and oxygen atoms in total. The summed E-state index contributed by atoms with van der Waals surface area (Å²) in [5.74, 6) is 0.0520. The van der Waals surface area contributed by atoms with Crippen LogP contribution in [0.3, 0.4) is 0 Å². The van der Waals surface area contributed by atoms with Gasteiger partial charge >= 0.3 is 5.97 Å². The zero-order valence-corrected chi connectivity index (χ0v) is 13.6. The SMILES string of the molecule is CCOC(=O)CCCCCS(=O)(=O)Cc1cccc(C)c1. The van der Waals surface area contributed by atoms with E-state index in [1.807, 2.05) is 31.2 Å². The Hall–Kier alpha value is -1.36. The van der Waals surface area contributed by atoms with Gasteiger partial charge in [0.25, 0.3) is 0 Å². The van der Waals surface area contributed by atoms with Crippen LogP contribution < -0.4 is 0 Å². The minimum absolute atomic E-state index is 0.0898. The van der Waals surface area contributed by atoms with Crippen molar-refractivity contribution in [3.8, 4) is 0 Å². The minimum Gasteiger partial charge on any atom is -0.466 e. The van der Waals surface area contributed by atoms with E-state index in [2.05, 4.69) is 0 Å². The third-order valence-corrected chi connectivity index (χ3v) is 4.79. The number of aryl methyl sites for hydroxylation is 1. The number of esters is 1. The molecule has 0 saturated heterocycles. The maximum absolute atomic E-state index is 12.0. The third-order valence-electron chi connectivity index (χ3n) is 3.11. The lowest BCUT2D eigenvalue weighted by atomic mass is 10.2. The Morgan fingerprint density at radius 2 is 1.95 bits per heavy atom. The number of sulfone groups is 1. The van der Waals surface area contributed by atoms with Gasteiger partial charge in [-0.1, -0.05) is 36.2 Å². The lowest BCUT2D eigenvalue weighted by molar-refractivity contribution is -0.143. The molecule has 0 saturated carbocycles. The van der Waals surface area contributed by atoms with E-state index in [0.29, 0.717) is 25.9 Å². The molecule has 0 atom stereocenters. The van der Waals surface area contributed by atoms with Gasteiger partial charge in [-0.3, -0.25) is 4.79 Å². The largest absolute Gasteiger partial charge is 0.466 e. The topological polar surface area (TPSA) is 60.4 Å². The summed E-state index contributed by atoms with van der Waals surface area (Å²) in [4.78, 5) is 11.1. The second kappa shape index (κ2) is 8.82. The van der Waals surface area contributed by atoms with Crippen molar-refractivity contribution in [3.05, 3.63) is 35.4 Å². The molecule has 5 heteroatoms. The number of hydrogen-bond acceptors (Lipinski definition) is 4. The molecule has 0 aliphatic rings. The molecule has 0 radical (unpaired) electrons. The van der Waals surface area contributed by atoms with E-state index < -0.39 is 9.84 Å². The third kappa shape index (κ3) is 7.85. The van der Waals surface area contributed by atoms with E-state index in [-0.39, 0.29) is 17.5 Å². The molecule has 1 aromatic rings. The normalized spacial score (nSPS) is 11.3. The van der Waals surface area contributed by atoms with Crippen molar-refractivity contribution in [2.45, 2.75) is 45.3 Å². The zero-order chi connectivity index (χ0) is 15.7. The number of benzene rings is 1. The first-order valence-corrected chi connectivity index (χ1v) is 9.16. The van der Waals surface area contributed by atoms with Gasteiger partial charge in [0.05, 0.1) is 18.1 Å². The van der Waals surface area contributed by atoms with Gasteiger partial charge in [-0.25, -0.2) is 8.42 Å². The zero-order valence-electron chi connectivity index (χ0n) is 12.8. The Labute approximate surface area is 127 Å². The maximum Gasteiger partial charge on any atom is 0.305 e. The average Bonchev–Trinajstić information content (AvgIpc) is 2.38. The Morgan fingerprint density at radius 3 is 2.62 bits per heavy atom. The molecular formula is C16H24O4S. The van der Waals surface area contributed by atoms with Gasteiger partial charge in [0, 0.05) is 6.42 Å². The predicted molar refractivity (Wildman–Crippen MR) is 83.8 cm³/mol. The monoisotopic (exact) mass is 312 g/mol. The van der Waals surface area contributed by atoms with Crippen molar-refractivity contribution >= 4 is 15.8 Å². The van der Waals surface area contributed by atoms with Gasteiger partial charge in [-0.05, 0) is 32.3 Å². The molecule has 0 unspecified atom stereocenters. The fourth-order valence-corrected chi connectivity index (χ4v) is 3.60. The molecule has 0 bridgehead atoms. The molecule has 1 aromatic carbocycles. The van der Waals surface area contributed by atoms with E-state index in [1.165, 1.54) is 0 Å². The van der Waals surface area contributed by atoms with Crippen LogP contribution in [0.1, 0.15) is 43.7 Å². The van der Waals surface area contributed by atoms with Crippen LogP contribution in [0.5, 0.6) is 0 Å². The van der Waals surface area contributed by atoms with E-state index in [0.717, 1.165) is 17.5 Å². The standard InChI is InChI=1S/C16H24O4S/c1-3-20-16(17)10-5-4-6-11-21(18,19)13-15-9-7-8-14(2)12-15/h7-9,12H,3-6,10-11,13H2,1-2H3. The van der Waals surface area contributed by atoms with E-state index in [9.17, 15) is 13.2 Å². The highest BCUT2D eigenvalue weighted by Crippen LogP contribution is 2.11. The summed E-state index contributed by atoms with van der Waals surface area (Å²) < 4.78 is 28.9. The van der Waals surface area contributed by atoms with Crippen LogP contribution in [0, 0.1) is 6.92 Å².